The van der Waals surface area contributed by atoms with Gasteiger partial charge in [-0.15, -0.1) is 10.2 Å². The molecule has 0 aliphatic heterocycles. The fourth-order valence-electron chi connectivity index (χ4n) is 5.74. The van der Waals surface area contributed by atoms with E-state index in [4.69, 9.17) is 20.9 Å². The molecule has 0 fully saturated rings. The van der Waals surface area contributed by atoms with Crippen LogP contribution in [0.2, 0.25) is 0 Å². The Balaban J connectivity index is 0.000000208. The number of nitrogens with zero attached hydrogens (tertiary/aromatic N) is 8. The van der Waals surface area contributed by atoms with Crippen molar-refractivity contribution in [3.8, 4) is 11.5 Å². The summed E-state index contributed by atoms with van der Waals surface area (Å²) in [6.07, 6.45) is 14.8. The number of nitrogen functional groups attached to an aromatic ring is 2. The maximum Gasteiger partial charge on any atom is 0.197 e. The molecule has 4 heterocycles. The number of methoxy groups -OCH3 is 2. The largest absolute Gasteiger partial charge is 0.497 e. The number of H-pyrrole nitrogens is 2. The summed E-state index contributed by atoms with van der Waals surface area (Å²) in [4.78, 5) is 38.3. The Morgan fingerprint density at radius 2 is 1.11 bits per heavy atom. The number of ether oxygens (including phenoxy) is 2. The van der Waals surface area contributed by atoms with Crippen LogP contribution >= 0.6 is 0 Å². The summed E-state index contributed by atoms with van der Waals surface area (Å²) < 4.78 is 13.5. The van der Waals surface area contributed by atoms with Crippen molar-refractivity contribution in [2.45, 2.75) is 77.3 Å². The number of aromatic amines is 2. The van der Waals surface area contributed by atoms with Crippen LogP contribution < -0.4 is 20.9 Å². The van der Waals surface area contributed by atoms with Gasteiger partial charge < -0.3 is 30.9 Å². The number of nitrogens with two attached hydrogens (primary N) is 2. The first-order valence-electron chi connectivity index (χ1n) is 17.9. The lowest BCUT2D eigenvalue weighted by molar-refractivity contribution is -0.120. The zero-order chi connectivity index (χ0) is 38.1. The lowest BCUT2D eigenvalue weighted by Crippen LogP contribution is -2.13. The lowest BCUT2D eigenvalue weighted by atomic mass is 10.1. The molecule has 2 aromatic carbocycles. The van der Waals surface area contributed by atoms with Crippen LogP contribution in [0.15, 0.2) is 73.3 Å². The van der Waals surface area contributed by atoms with E-state index in [-0.39, 0.29) is 24.7 Å². The predicted molar refractivity (Wildman–Crippen MR) is 203 cm³/mol. The summed E-state index contributed by atoms with van der Waals surface area (Å²) in [7, 11) is 3.27. The zero-order valence-electron chi connectivity index (χ0n) is 30.8. The van der Waals surface area contributed by atoms with E-state index in [0.717, 1.165) is 91.2 Å². The Kier molecular flexibility index (Phi) is 14.5. The van der Waals surface area contributed by atoms with Gasteiger partial charge in [-0.2, -0.15) is 0 Å². The summed E-state index contributed by atoms with van der Waals surface area (Å²) >= 11 is 0. The number of imidazole rings is 2. The van der Waals surface area contributed by atoms with Gasteiger partial charge in [0, 0.05) is 36.6 Å². The molecule has 0 saturated heterocycles. The Bertz CT molecular complexity index is 2030. The standard InChI is InChI=1S/C20H26N6O2.C18H22N6O2/c1-28-19-10-8-15(9-11-19)4-2-7-18(27)14-26-13-17(24-25-26)6-3-5-16-12-22-20(21)23-16;1-26-17-7-5-13(6-8-17)9-16(25)12-24-11-15(22-23-24)4-2-3-14-10-20-18(19)21-14/h8-13H,2-7,14H2,1H3,(H3,21,22,23);5-8,10-11H,2-4,9,12H2,1H3,(H3,19,20,21). The average molecular weight is 737 g/mol. The van der Waals surface area contributed by atoms with Crippen molar-refractivity contribution in [3.05, 3.63) is 107 Å². The first-order valence-corrected chi connectivity index (χ1v) is 17.9. The number of aryl methyl sites for hydroxylation is 5. The number of ketones is 2. The van der Waals surface area contributed by atoms with Crippen molar-refractivity contribution >= 4 is 23.5 Å². The number of Topliss-reactive ketones (excluding diaryl/α,β-unsaturated/α-hetero) is 2. The normalized spacial score (nSPS) is 10.9. The van der Waals surface area contributed by atoms with Gasteiger partial charge in [0.25, 0.3) is 0 Å². The molecule has 6 rings (SSSR count). The lowest BCUT2D eigenvalue weighted by Gasteiger charge is -2.04. The van der Waals surface area contributed by atoms with Gasteiger partial charge in [-0.05, 0) is 86.8 Å². The Morgan fingerprint density at radius 3 is 1.57 bits per heavy atom. The van der Waals surface area contributed by atoms with Gasteiger partial charge in [-0.25, -0.2) is 19.3 Å². The molecular weight excluding hydrogens is 688 g/mol. The van der Waals surface area contributed by atoms with Gasteiger partial charge in [0.15, 0.2) is 23.5 Å². The van der Waals surface area contributed by atoms with E-state index in [1.165, 1.54) is 5.56 Å². The van der Waals surface area contributed by atoms with Crippen LogP contribution in [-0.2, 0) is 61.2 Å². The average Bonchev–Trinajstić information content (AvgIpc) is 3.99. The first kappa shape index (κ1) is 38.9. The quantitative estimate of drug-likeness (QED) is 0.0875. The van der Waals surface area contributed by atoms with E-state index < -0.39 is 0 Å². The van der Waals surface area contributed by atoms with Gasteiger partial charge in [0.2, 0.25) is 0 Å². The Labute approximate surface area is 313 Å². The molecule has 6 aromatic rings. The molecule has 0 unspecified atom stereocenters. The monoisotopic (exact) mass is 736 g/mol. The van der Waals surface area contributed by atoms with E-state index in [2.05, 4.69) is 40.6 Å². The van der Waals surface area contributed by atoms with E-state index in [9.17, 15) is 9.59 Å². The third-order valence-corrected chi connectivity index (χ3v) is 8.54. The predicted octanol–water partition coefficient (Wildman–Crippen LogP) is 3.94. The highest BCUT2D eigenvalue weighted by Gasteiger charge is 2.10. The van der Waals surface area contributed by atoms with Crippen LogP contribution in [0.1, 0.15) is 59.6 Å². The summed E-state index contributed by atoms with van der Waals surface area (Å²) in [6.45, 7) is 0.489. The van der Waals surface area contributed by atoms with Crippen LogP contribution in [0.25, 0.3) is 0 Å². The van der Waals surface area contributed by atoms with Gasteiger partial charge in [0.05, 0.1) is 38.0 Å². The number of nitrogens with one attached hydrogen (secondary N) is 2. The van der Waals surface area contributed by atoms with Gasteiger partial charge in [-0.1, -0.05) is 34.7 Å². The molecule has 54 heavy (non-hydrogen) atoms. The van der Waals surface area contributed by atoms with Crippen molar-refractivity contribution in [2.24, 2.45) is 0 Å². The van der Waals surface area contributed by atoms with Crippen molar-refractivity contribution in [1.82, 2.24) is 49.9 Å². The molecule has 0 saturated carbocycles. The van der Waals surface area contributed by atoms with Crippen LogP contribution in [0.5, 0.6) is 11.5 Å². The topological polar surface area (TPSA) is 223 Å². The number of anilines is 2. The van der Waals surface area contributed by atoms with Crippen molar-refractivity contribution in [3.63, 3.8) is 0 Å². The molecule has 0 bridgehead atoms. The molecular formula is C38H48N12O4. The second-order valence-corrected chi connectivity index (χ2v) is 12.9. The molecule has 0 radical (unpaired) electrons. The van der Waals surface area contributed by atoms with E-state index in [0.29, 0.717) is 24.7 Å². The minimum Gasteiger partial charge on any atom is -0.497 e. The second kappa shape index (κ2) is 20.1. The minimum atomic E-state index is 0.0829. The smallest absolute Gasteiger partial charge is 0.197 e. The van der Waals surface area contributed by atoms with E-state index in [1.807, 2.05) is 60.9 Å². The number of rotatable bonds is 20. The summed E-state index contributed by atoms with van der Waals surface area (Å²) in [5, 5.41) is 16.4. The molecule has 16 nitrogen and oxygen atoms in total. The van der Waals surface area contributed by atoms with E-state index in [1.54, 1.807) is 36.0 Å². The van der Waals surface area contributed by atoms with Crippen molar-refractivity contribution in [1.29, 1.82) is 0 Å². The number of carbonyl (C=O) groups is 2. The highest BCUT2D eigenvalue weighted by molar-refractivity contribution is 5.80. The first-order chi connectivity index (χ1) is 26.2. The molecule has 284 valence electrons. The molecule has 0 spiro atoms. The van der Waals surface area contributed by atoms with Gasteiger partial charge in [-0.3, -0.25) is 9.59 Å². The van der Waals surface area contributed by atoms with Crippen LogP contribution in [0.4, 0.5) is 11.9 Å². The SMILES string of the molecule is COc1ccc(CC(=O)Cn2cc(CCCc3cnc(N)[nH]3)nn2)cc1.COc1ccc(CCCC(=O)Cn2cc(CCCc3cnc(N)[nH]3)nn2)cc1. The van der Waals surface area contributed by atoms with E-state index >= 15 is 0 Å². The third-order valence-electron chi connectivity index (χ3n) is 8.54. The minimum absolute atomic E-state index is 0.0829. The van der Waals surface area contributed by atoms with Crippen molar-refractivity contribution < 1.29 is 19.1 Å². The van der Waals surface area contributed by atoms with Crippen LogP contribution in [0, 0.1) is 0 Å². The fraction of sp³-hybridized carbons (Fsp3) is 0.368. The number of benzene rings is 2. The fourth-order valence-corrected chi connectivity index (χ4v) is 5.74. The number of hydrogen-bond acceptors (Lipinski definition) is 12. The highest BCUT2D eigenvalue weighted by Crippen LogP contribution is 2.14. The molecule has 4 aromatic heterocycles. The maximum absolute atomic E-state index is 12.2. The van der Waals surface area contributed by atoms with Crippen molar-refractivity contribution in [2.75, 3.05) is 25.7 Å². The van der Waals surface area contributed by atoms with Gasteiger partial charge >= 0.3 is 0 Å². The summed E-state index contributed by atoms with van der Waals surface area (Å²) in [5.74, 6) is 2.74. The molecule has 0 aliphatic carbocycles. The van der Waals surface area contributed by atoms with Crippen LogP contribution in [0.3, 0.4) is 0 Å². The van der Waals surface area contributed by atoms with Gasteiger partial charge in [0.1, 0.15) is 24.6 Å². The molecule has 16 heteroatoms. The Morgan fingerprint density at radius 1 is 0.630 bits per heavy atom. The molecule has 0 amide bonds. The summed E-state index contributed by atoms with van der Waals surface area (Å²) in [5.41, 5.74) is 17.0. The molecule has 0 atom stereocenters. The summed E-state index contributed by atoms with van der Waals surface area (Å²) in [6, 6.07) is 15.4. The maximum atomic E-state index is 12.2. The number of hydrogen-bond donors (Lipinski definition) is 4. The van der Waals surface area contributed by atoms with Crippen LogP contribution in [-0.4, -0.2) is 75.7 Å². The second-order valence-electron chi connectivity index (χ2n) is 12.9. The Hall–Kier alpha value is -6.32. The third kappa shape index (κ3) is 13.0. The zero-order valence-corrected chi connectivity index (χ0v) is 30.8. The highest BCUT2D eigenvalue weighted by atomic mass is 16.5. The molecule has 6 N–H and O–H groups in total. The molecule has 0 aliphatic rings. The number of aromatic nitrogens is 10. The number of carbonyl (C=O) groups excluding carboxylic acids is 2.